The van der Waals surface area contributed by atoms with Crippen LogP contribution in [0.1, 0.15) is 35.3 Å². The van der Waals surface area contributed by atoms with E-state index < -0.39 is 0 Å². The number of carbonyl (C=O) groups excluding carboxylic acids is 1. The van der Waals surface area contributed by atoms with E-state index in [-0.39, 0.29) is 5.91 Å². The summed E-state index contributed by atoms with van der Waals surface area (Å²) >= 11 is 11.4. The molecular formula is C21H24ClN7OS. The molecule has 1 aliphatic heterocycles. The van der Waals surface area contributed by atoms with Crippen LogP contribution >= 0.6 is 23.8 Å². The Bertz CT molecular complexity index is 1070. The third-order valence-corrected chi connectivity index (χ3v) is 5.63. The lowest BCUT2D eigenvalue weighted by molar-refractivity contribution is 0.0714. The minimum absolute atomic E-state index is 0.0303. The second kappa shape index (κ2) is 9.49. The van der Waals surface area contributed by atoms with Crippen molar-refractivity contribution in [2.24, 2.45) is 7.05 Å². The van der Waals surface area contributed by atoms with Crippen LogP contribution in [0.2, 0.25) is 5.02 Å². The lowest BCUT2D eigenvalue weighted by Crippen LogP contribution is -2.37. The summed E-state index contributed by atoms with van der Waals surface area (Å²) in [5.41, 5.74) is 2.17. The number of piperidine rings is 1. The lowest BCUT2D eigenvalue weighted by Gasteiger charge is -2.27. The van der Waals surface area contributed by atoms with Gasteiger partial charge in [-0.15, -0.1) is 0 Å². The Morgan fingerprint density at radius 3 is 2.61 bits per heavy atom. The van der Waals surface area contributed by atoms with Gasteiger partial charge >= 0.3 is 0 Å². The smallest absolute Gasteiger partial charge is 0.274 e. The maximum absolute atomic E-state index is 13.0. The molecule has 0 unspecified atom stereocenters. The van der Waals surface area contributed by atoms with E-state index in [4.69, 9.17) is 23.8 Å². The van der Waals surface area contributed by atoms with Gasteiger partial charge in [0.2, 0.25) is 0 Å². The summed E-state index contributed by atoms with van der Waals surface area (Å²) < 4.78 is 3.40. The number of hydrogen-bond acceptors (Lipinski definition) is 4. The van der Waals surface area contributed by atoms with E-state index in [1.165, 1.54) is 6.42 Å². The fourth-order valence-electron chi connectivity index (χ4n) is 3.59. The number of anilines is 2. The molecule has 1 fully saturated rings. The Hall–Kier alpha value is -2.91. The second-order valence-electron chi connectivity index (χ2n) is 7.49. The molecule has 2 aromatic heterocycles. The van der Waals surface area contributed by atoms with Crippen molar-refractivity contribution in [3.05, 3.63) is 59.0 Å². The van der Waals surface area contributed by atoms with Gasteiger partial charge in [0.25, 0.3) is 5.91 Å². The quantitative estimate of drug-likeness (QED) is 0.568. The molecule has 31 heavy (non-hydrogen) atoms. The van der Waals surface area contributed by atoms with E-state index in [0.29, 0.717) is 33.9 Å². The average Bonchev–Trinajstić information content (AvgIpc) is 3.35. The number of nitrogens with zero attached hydrogens (tertiary/aromatic N) is 5. The molecule has 3 heterocycles. The summed E-state index contributed by atoms with van der Waals surface area (Å²) in [5, 5.41) is 15.9. The van der Waals surface area contributed by atoms with Crippen LogP contribution in [0.5, 0.6) is 0 Å². The van der Waals surface area contributed by atoms with Crippen LogP contribution in [-0.2, 0) is 13.6 Å². The van der Waals surface area contributed by atoms with Gasteiger partial charge < -0.3 is 15.5 Å². The van der Waals surface area contributed by atoms with Crippen LogP contribution in [0, 0.1) is 0 Å². The number of nitrogens with one attached hydrogen (secondary N) is 2. The molecule has 1 saturated heterocycles. The summed E-state index contributed by atoms with van der Waals surface area (Å²) in [4.78, 5) is 14.9. The van der Waals surface area contributed by atoms with Crippen molar-refractivity contribution in [2.45, 2.75) is 25.8 Å². The van der Waals surface area contributed by atoms with Crippen LogP contribution in [0.25, 0.3) is 0 Å². The number of halogens is 1. The number of benzene rings is 1. The minimum Gasteiger partial charge on any atom is -0.337 e. The zero-order valence-corrected chi connectivity index (χ0v) is 18.8. The predicted molar refractivity (Wildman–Crippen MR) is 126 cm³/mol. The van der Waals surface area contributed by atoms with Crippen LogP contribution in [-0.4, -0.2) is 48.6 Å². The molecule has 0 aliphatic carbocycles. The molecule has 3 aromatic rings. The van der Waals surface area contributed by atoms with Crippen molar-refractivity contribution >= 4 is 46.3 Å². The fourth-order valence-corrected chi connectivity index (χ4v) is 3.93. The van der Waals surface area contributed by atoms with Gasteiger partial charge in [0, 0.05) is 37.4 Å². The summed E-state index contributed by atoms with van der Waals surface area (Å²) in [6.07, 6.45) is 6.72. The molecular weight excluding hydrogens is 434 g/mol. The molecule has 0 radical (unpaired) electrons. The number of thiocarbonyl (C=S) groups is 1. The number of rotatable bonds is 5. The fraction of sp³-hybridized carbons (Fsp3) is 0.333. The van der Waals surface area contributed by atoms with E-state index in [0.717, 1.165) is 31.5 Å². The summed E-state index contributed by atoms with van der Waals surface area (Å²) in [6, 6.07) is 9.48. The summed E-state index contributed by atoms with van der Waals surface area (Å²) in [6.45, 7) is 2.17. The van der Waals surface area contributed by atoms with E-state index in [1.54, 1.807) is 17.9 Å². The first-order chi connectivity index (χ1) is 15.0. The Morgan fingerprint density at radius 2 is 1.87 bits per heavy atom. The average molecular weight is 458 g/mol. The van der Waals surface area contributed by atoms with Crippen molar-refractivity contribution in [1.82, 2.24) is 24.5 Å². The van der Waals surface area contributed by atoms with Crippen molar-refractivity contribution in [1.29, 1.82) is 0 Å². The highest BCUT2D eigenvalue weighted by Crippen LogP contribution is 2.20. The maximum atomic E-state index is 13.0. The van der Waals surface area contributed by atoms with E-state index in [1.807, 2.05) is 46.1 Å². The van der Waals surface area contributed by atoms with Crippen LogP contribution in [0.4, 0.5) is 11.5 Å². The van der Waals surface area contributed by atoms with Crippen molar-refractivity contribution in [3.63, 3.8) is 0 Å². The monoisotopic (exact) mass is 457 g/mol. The first-order valence-corrected chi connectivity index (χ1v) is 11.0. The summed E-state index contributed by atoms with van der Waals surface area (Å²) in [7, 11) is 1.76. The zero-order valence-electron chi connectivity index (χ0n) is 17.2. The van der Waals surface area contributed by atoms with Crippen LogP contribution < -0.4 is 10.6 Å². The Balaban J connectivity index is 1.39. The van der Waals surface area contributed by atoms with Gasteiger partial charge in [-0.05, 0) is 49.2 Å². The van der Waals surface area contributed by atoms with E-state index >= 15 is 0 Å². The topological polar surface area (TPSA) is 80.0 Å². The van der Waals surface area contributed by atoms with Gasteiger partial charge in [0.15, 0.2) is 10.9 Å². The maximum Gasteiger partial charge on any atom is 0.274 e. The van der Waals surface area contributed by atoms with Gasteiger partial charge in [-0.1, -0.05) is 23.7 Å². The van der Waals surface area contributed by atoms with E-state index in [2.05, 4.69) is 20.8 Å². The molecule has 1 amide bonds. The van der Waals surface area contributed by atoms with Crippen LogP contribution in [0.3, 0.4) is 0 Å². The molecule has 0 saturated carbocycles. The molecule has 1 aromatic carbocycles. The number of amides is 1. The SMILES string of the molecule is Cn1ncc(NC(=S)Nc2ccn(Cc3ccc(Cl)cc3)n2)c1C(=O)N1CCCCC1. The highest BCUT2D eigenvalue weighted by molar-refractivity contribution is 7.80. The highest BCUT2D eigenvalue weighted by atomic mass is 35.5. The third kappa shape index (κ3) is 5.23. The van der Waals surface area contributed by atoms with Gasteiger partial charge in [0.05, 0.1) is 18.4 Å². The van der Waals surface area contributed by atoms with Crippen LogP contribution in [0.15, 0.2) is 42.7 Å². The third-order valence-electron chi connectivity index (χ3n) is 5.17. The van der Waals surface area contributed by atoms with Gasteiger partial charge in [0.1, 0.15) is 5.69 Å². The Morgan fingerprint density at radius 1 is 1.13 bits per heavy atom. The molecule has 1 aliphatic rings. The normalized spacial score (nSPS) is 13.8. The molecule has 0 spiro atoms. The zero-order chi connectivity index (χ0) is 21.8. The van der Waals surface area contributed by atoms with Gasteiger partial charge in [-0.25, -0.2) is 0 Å². The molecule has 4 rings (SSSR count). The number of aryl methyl sites for hydroxylation is 1. The highest BCUT2D eigenvalue weighted by Gasteiger charge is 2.24. The molecule has 2 N–H and O–H groups in total. The first kappa shape index (κ1) is 21.3. The number of aromatic nitrogens is 4. The van der Waals surface area contributed by atoms with Gasteiger partial charge in [-0.2, -0.15) is 10.2 Å². The molecule has 0 bridgehead atoms. The molecule has 162 valence electrons. The van der Waals surface area contributed by atoms with Crippen molar-refractivity contribution < 1.29 is 4.79 Å². The Kier molecular flexibility index (Phi) is 6.53. The van der Waals surface area contributed by atoms with Crippen molar-refractivity contribution in [2.75, 3.05) is 23.7 Å². The largest absolute Gasteiger partial charge is 0.337 e. The van der Waals surface area contributed by atoms with Gasteiger partial charge in [-0.3, -0.25) is 14.2 Å². The standard InChI is InChI=1S/C21H24ClN7OS/c1-27-19(20(30)28-10-3-2-4-11-28)17(13-23-27)24-21(31)25-18-9-12-29(26-18)14-15-5-7-16(22)8-6-15/h5-9,12-13H,2-4,10-11,14H2,1H3,(H2,24,25,26,31). The lowest BCUT2D eigenvalue weighted by atomic mass is 10.1. The number of hydrogen-bond donors (Lipinski definition) is 2. The minimum atomic E-state index is -0.0303. The molecule has 10 heteroatoms. The summed E-state index contributed by atoms with van der Waals surface area (Å²) in [5.74, 6) is 0.580. The van der Waals surface area contributed by atoms with Crippen molar-refractivity contribution in [3.8, 4) is 0 Å². The first-order valence-electron chi connectivity index (χ1n) is 10.2. The second-order valence-corrected chi connectivity index (χ2v) is 8.33. The number of carbonyl (C=O) groups is 1. The Labute approximate surface area is 191 Å². The number of likely N-dealkylation sites (tertiary alicyclic amines) is 1. The molecule has 8 nitrogen and oxygen atoms in total. The predicted octanol–water partition coefficient (Wildman–Crippen LogP) is 3.75. The van der Waals surface area contributed by atoms with E-state index in [9.17, 15) is 4.79 Å². The molecule has 0 atom stereocenters.